The molecule has 0 bridgehead atoms. The molecule has 2 N–H and O–H groups in total. The number of nitrogens with zero attached hydrogens (tertiary/aromatic N) is 3. The van der Waals surface area contributed by atoms with Crippen molar-refractivity contribution in [3.05, 3.63) is 29.3 Å². The van der Waals surface area contributed by atoms with Crippen molar-refractivity contribution in [1.82, 2.24) is 20.0 Å². The summed E-state index contributed by atoms with van der Waals surface area (Å²) in [5.41, 5.74) is 3.64. The number of rotatable bonds is 7. The number of hydrogen-bond acceptors (Lipinski definition) is 4. The van der Waals surface area contributed by atoms with E-state index in [9.17, 15) is 9.59 Å². The number of carbonyl (C=O) groups excluding carboxylic acids is 2. The molecule has 0 aromatic heterocycles. The standard InChI is InChI=1S/C28H45N5O3/c1-4-11-33(20-22-9-12-31(13-10-22)28(35)32-14-16-36-17-15-32)26-8-6-23-5-7-25(18-24(23)19-26)30-27(34)29-21(2)3/h5,7,18,21-22,26H,4,6,8-17,19-20H2,1-3H3,(H2,29,30,34). The summed E-state index contributed by atoms with van der Waals surface area (Å²) in [7, 11) is 0. The molecular weight excluding hydrogens is 454 g/mol. The molecule has 4 rings (SSSR count). The number of nitrogens with one attached hydrogen (secondary N) is 2. The first kappa shape index (κ1) is 26.7. The first-order valence-electron chi connectivity index (χ1n) is 14.0. The van der Waals surface area contributed by atoms with E-state index in [1.807, 2.05) is 29.7 Å². The van der Waals surface area contributed by atoms with Gasteiger partial charge in [0.2, 0.25) is 0 Å². The molecule has 200 valence electrons. The Kier molecular flexibility index (Phi) is 9.48. The number of piperidine rings is 1. The number of fused-ring (bicyclic) bond motifs is 1. The predicted molar refractivity (Wildman–Crippen MR) is 143 cm³/mol. The van der Waals surface area contributed by atoms with Crippen LogP contribution in [0.1, 0.15) is 57.6 Å². The number of benzene rings is 1. The van der Waals surface area contributed by atoms with Gasteiger partial charge in [-0.15, -0.1) is 0 Å². The van der Waals surface area contributed by atoms with Gasteiger partial charge in [0.25, 0.3) is 0 Å². The van der Waals surface area contributed by atoms with Crippen molar-refractivity contribution in [2.75, 3.05) is 57.8 Å². The van der Waals surface area contributed by atoms with E-state index in [1.54, 1.807) is 0 Å². The minimum absolute atomic E-state index is 0.110. The van der Waals surface area contributed by atoms with Crippen LogP contribution in [0.25, 0.3) is 0 Å². The van der Waals surface area contributed by atoms with Crippen molar-refractivity contribution in [2.45, 2.75) is 71.4 Å². The normalized spacial score (nSPS) is 21.0. The average Bonchev–Trinajstić information content (AvgIpc) is 2.88. The number of amides is 4. The SMILES string of the molecule is CCCN(CC1CCN(C(=O)N2CCOCC2)CC1)C1CCc2ccc(NC(=O)NC(C)C)cc2C1. The van der Waals surface area contributed by atoms with Gasteiger partial charge in [-0.1, -0.05) is 13.0 Å². The molecule has 8 nitrogen and oxygen atoms in total. The van der Waals surface area contributed by atoms with Gasteiger partial charge in [-0.05, 0) is 88.1 Å². The van der Waals surface area contributed by atoms with Crippen LogP contribution in [0.5, 0.6) is 0 Å². The zero-order chi connectivity index (χ0) is 25.5. The lowest BCUT2D eigenvalue weighted by Gasteiger charge is -2.41. The molecule has 2 saturated heterocycles. The number of aryl methyl sites for hydroxylation is 1. The maximum absolute atomic E-state index is 12.9. The lowest BCUT2D eigenvalue weighted by Crippen LogP contribution is -2.51. The summed E-state index contributed by atoms with van der Waals surface area (Å²) in [5, 5.41) is 5.89. The van der Waals surface area contributed by atoms with Crippen LogP contribution < -0.4 is 10.6 Å². The highest BCUT2D eigenvalue weighted by atomic mass is 16.5. The van der Waals surface area contributed by atoms with Gasteiger partial charge in [-0.3, -0.25) is 4.90 Å². The van der Waals surface area contributed by atoms with E-state index in [-0.39, 0.29) is 18.1 Å². The Morgan fingerprint density at radius 1 is 1.06 bits per heavy atom. The summed E-state index contributed by atoms with van der Waals surface area (Å²) < 4.78 is 5.40. The maximum Gasteiger partial charge on any atom is 0.320 e. The van der Waals surface area contributed by atoms with Gasteiger partial charge >= 0.3 is 12.1 Å². The van der Waals surface area contributed by atoms with Crippen LogP contribution in [-0.4, -0.2) is 91.3 Å². The largest absolute Gasteiger partial charge is 0.378 e. The fourth-order valence-electron chi connectivity index (χ4n) is 5.86. The fraction of sp³-hybridized carbons (Fsp3) is 0.714. The first-order valence-corrected chi connectivity index (χ1v) is 14.0. The average molecular weight is 500 g/mol. The molecule has 0 saturated carbocycles. The van der Waals surface area contributed by atoms with E-state index in [0.717, 1.165) is 64.0 Å². The molecule has 36 heavy (non-hydrogen) atoms. The van der Waals surface area contributed by atoms with Crippen LogP contribution in [0.2, 0.25) is 0 Å². The summed E-state index contributed by atoms with van der Waals surface area (Å²) in [6, 6.07) is 7.06. The molecule has 4 amide bonds. The third-order valence-electron chi connectivity index (χ3n) is 7.77. The zero-order valence-electron chi connectivity index (χ0n) is 22.4. The predicted octanol–water partition coefficient (Wildman–Crippen LogP) is 3.95. The van der Waals surface area contributed by atoms with Crippen molar-refractivity contribution in [3.63, 3.8) is 0 Å². The number of morpholine rings is 1. The molecule has 1 atom stereocenters. The van der Waals surface area contributed by atoms with E-state index in [1.165, 1.54) is 17.5 Å². The topological polar surface area (TPSA) is 77.2 Å². The van der Waals surface area contributed by atoms with Gasteiger partial charge < -0.3 is 25.2 Å². The maximum atomic E-state index is 12.9. The van der Waals surface area contributed by atoms with Gasteiger partial charge in [-0.2, -0.15) is 0 Å². The first-order chi connectivity index (χ1) is 17.4. The van der Waals surface area contributed by atoms with Crippen molar-refractivity contribution in [2.24, 2.45) is 5.92 Å². The van der Waals surface area contributed by atoms with E-state index < -0.39 is 0 Å². The number of likely N-dealkylation sites (tertiary alicyclic amines) is 1. The van der Waals surface area contributed by atoms with Crippen molar-refractivity contribution >= 4 is 17.7 Å². The zero-order valence-corrected chi connectivity index (χ0v) is 22.4. The Labute approximate surface area is 216 Å². The van der Waals surface area contributed by atoms with E-state index in [2.05, 4.69) is 34.6 Å². The molecule has 3 aliphatic rings. The molecule has 1 aliphatic carbocycles. The lowest BCUT2D eigenvalue weighted by molar-refractivity contribution is 0.0383. The van der Waals surface area contributed by atoms with Crippen LogP contribution in [0.15, 0.2) is 18.2 Å². The Morgan fingerprint density at radius 3 is 2.47 bits per heavy atom. The fourth-order valence-corrected chi connectivity index (χ4v) is 5.86. The quantitative estimate of drug-likeness (QED) is 0.596. The number of hydrogen-bond donors (Lipinski definition) is 2. The van der Waals surface area contributed by atoms with Crippen LogP contribution in [0.3, 0.4) is 0 Å². The summed E-state index contributed by atoms with van der Waals surface area (Å²) in [5.74, 6) is 0.638. The minimum atomic E-state index is -0.150. The summed E-state index contributed by atoms with van der Waals surface area (Å²) in [6.45, 7) is 12.9. The second-order valence-electron chi connectivity index (χ2n) is 10.9. The Bertz CT molecular complexity index is 878. The molecule has 1 aromatic rings. The molecule has 2 heterocycles. The number of anilines is 1. The van der Waals surface area contributed by atoms with Crippen LogP contribution in [-0.2, 0) is 17.6 Å². The minimum Gasteiger partial charge on any atom is -0.378 e. The highest BCUT2D eigenvalue weighted by molar-refractivity contribution is 5.89. The van der Waals surface area contributed by atoms with Gasteiger partial charge in [-0.25, -0.2) is 9.59 Å². The van der Waals surface area contributed by atoms with Gasteiger partial charge in [0.1, 0.15) is 0 Å². The Hall–Kier alpha value is -2.32. The molecule has 2 fully saturated rings. The van der Waals surface area contributed by atoms with Crippen molar-refractivity contribution in [1.29, 1.82) is 0 Å². The number of carbonyl (C=O) groups is 2. The highest BCUT2D eigenvalue weighted by Gasteiger charge is 2.30. The van der Waals surface area contributed by atoms with Gasteiger partial charge in [0.15, 0.2) is 0 Å². The summed E-state index contributed by atoms with van der Waals surface area (Å²) in [4.78, 5) is 31.7. The Morgan fingerprint density at radius 2 is 1.78 bits per heavy atom. The third-order valence-corrected chi connectivity index (χ3v) is 7.77. The van der Waals surface area contributed by atoms with Crippen molar-refractivity contribution < 1.29 is 14.3 Å². The number of urea groups is 2. The molecule has 1 unspecified atom stereocenters. The van der Waals surface area contributed by atoms with E-state index in [4.69, 9.17) is 4.74 Å². The lowest BCUT2D eigenvalue weighted by atomic mass is 9.86. The highest BCUT2D eigenvalue weighted by Crippen LogP contribution is 2.29. The van der Waals surface area contributed by atoms with Crippen molar-refractivity contribution in [3.8, 4) is 0 Å². The Balaban J connectivity index is 1.31. The second-order valence-corrected chi connectivity index (χ2v) is 10.9. The van der Waals surface area contributed by atoms with E-state index >= 15 is 0 Å². The molecule has 0 radical (unpaired) electrons. The van der Waals surface area contributed by atoms with Crippen LogP contribution in [0, 0.1) is 5.92 Å². The van der Waals surface area contributed by atoms with Gasteiger partial charge in [0, 0.05) is 50.5 Å². The monoisotopic (exact) mass is 499 g/mol. The second kappa shape index (κ2) is 12.8. The summed E-state index contributed by atoms with van der Waals surface area (Å²) in [6.07, 6.45) is 6.62. The molecular formula is C28H45N5O3. The molecule has 1 aromatic carbocycles. The smallest absolute Gasteiger partial charge is 0.320 e. The van der Waals surface area contributed by atoms with Crippen LogP contribution >= 0.6 is 0 Å². The third kappa shape index (κ3) is 7.13. The summed E-state index contributed by atoms with van der Waals surface area (Å²) >= 11 is 0. The molecule has 0 spiro atoms. The van der Waals surface area contributed by atoms with E-state index in [0.29, 0.717) is 38.3 Å². The number of ether oxygens (including phenoxy) is 1. The van der Waals surface area contributed by atoms with Crippen LogP contribution in [0.4, 0.5) is 15.3 Å². The van der Waals surface area contributed by atoms with Gasteiger partial charge in [0.05, 0.1) is 13.2 Å². The molecule has 2 aliphatic heterocycles. The molecule has 8 heteroatoms.